The molecule has 1 aromatic heterocycles. The van der Waals surface area contributed by atoms with Crippen LogP contribution in [0.1, 0.15) is 63.1 Å². The van der Waals surface area contributed by atoms with Crippen molar-refractivity contribution in [2.75, 3.05) is 13.1 Å². The Morgan fingerprint density at radius 2 is 1.87 bits per heavy atom. The van der Waals surface area contributed by atoms with Crippen LogP contribution in [0.15, 0.2) is 35.7 Å². The highest BCUT2D eigenvalue weighted by Gasteiger charge is 2.34. The maximum Gasteiger partial charge on any atom is 0.243 e. The van der Waals surface area contributed by atoms with Gasteiger partial charge >= 0.3 is 0 Å². The SMILES string of the molecule is CC(C)N(CC(=O)N1CCc2sccc2C1c1ccc(Cl)cc1)C(=O)CC(C)(C)C. The molecular formula is C24H31ClN2O2S. The van der Waals surface area contributed by atoms with Crippen molar-refractivity contribution in [3.05, 3.63) is 56.7 Å². The Morgan fingerprint density at radius 1 is 1.20 bits per heavy atom. The fourth-order valence-electron chi connectivity index (χ4n) is 3.94. The minimum atomic E-state index is -0.142. The Bertz CT molecular complexity index is 899. The second-order valence-electron chi connectivity index (χ2n) is 9.44. The van der Waals surface area contributed by atoms with Gasteiger partial charge in [-0.05, 0) is 60.4 Å². The number of benzene rings is 1. The van der Waals surface area contributed by atoms with Gasteiger partial charge in [-0.1, -0.05) is 44.5 Å². The van der Waals surface area contributed by atoms with Gasteiger partial charge in [0.05, 0.1) is 6.04 Å². The maximum absolute atomic E-state index is 13.5. The summed E-state index contributed by atoms with van der Waals surface area (Å²) >= 11 is 7.84. The molecule has 6 heteroatoms. The van der Waals surface area contributed by atoms with Gasteiger partial charge in [0.15, 0.2) is 0 Å². The normalized spacial score (nSPS) is 16.5. The molecule has 0 spiro atoms. The Hall–Kier alpha value is -1.85. The molecule has 0 N–H and O–H groups in total. The highest BCUT2D eigenvalue weighted by Crippen LogP contribution is 2.38. The van der Waals surface area contributed by atoms with E-state index in [2.05, 4.69) is 11.4 Å². The van der Waals surface area contributed by atoms with Gasteiger partial charge in [-0.15, -0.1) is 11.3 Å². The summed E-state index contributed by atoms with van der Waals surface area (Å²) in [5, 5.41) is 2.77. The van der Waals surface area contributed by atoms with Crippen LogP contribution in [0, 0.1) is 5.41 Å². The van der Waals surface area contributed by atoms with Crippen molar-refractivity contribution in [1.29, 1.82) is 0 Å². The van der Waals surface area contributed by atoms with E-state index < -0.39 is 0 Å². The largest absolute Gasteiger partial charge is 0.331 e. The molecule has 1 aliphatic rings. The van der Waals surface area contributed by atoms with Crippen molar-refractivity contribution in [3.63, 3.8) is 0 Å². The Kier molecular flexibility index (Phi) is 6.93. The summed E-state index contributed by atoms with van der Waals surface area (Å²) in [5.41, 5.74) is 2.11. The summed E-state index contributed by atoms with van der Waals surface area (Å²) in [6, 6.07) is 9.66. The molecular weight excluding hydrogens is 416 g/mol. The smallest absolute Gasteiger partial charge is 0.243 e. The first-order valence-electron chi connectivity index (χ1n) is 10.5. The third kappa shape index (κ3) is 5.25. The number of thiophene rings is 1. The van der Waals surface area contributed by atoms with Crippen LogP contribution in [0.5, 0.6) is 0 Å². The van der Waals surface area contributed by atoms with E-state index in [1.165, 1.54) is 10.4 Å². The lowest BCUT2D eigenvalue weighted by Gasteiger charge is -2.38. The average Bonchev–Trinajstić information content (AvgIpc) is 3.13. The van der Waals surface area contributed by atoms with E-state index in [1.807, 2.05) is 63.8 Å². The number of carbonyl (C=O) groups excluding carboxylic acids is 2. The molecule has 1 aromatic carbocycles. The van der Waals surface area contributed by atoms with Crippen molar-refractivity contribution in [1.82, 2.24) is 9.80 Å². The molecule has 162 valence electrons. The monoisotopic (exact) mass is 446 g/mol. The molecule has 0 saturated heterocycles. The average molecular weight is 447 g/mol. The van der Waals surface area contributed by atoms with Crippen molar-refractivity contribution in [2.24, 2.45) is 5.41 Å². The highest BCUT2D eigenvalue weighted by molar-refractivity contribution is 7.10. The number of nitrogens with zero attached hydrogens (tertiary/aromatic N) is 2. The van der Waals surface area contributed by atoms with Crippen LogP contribution < -0.4 is 0 Å². The lowest BCUT2D eigenvalue weighted by atomic mass is 9.91. The molecule has 2 aromatic rings. The van der Waals surface area contributed by atoms with E-state index in [9.17, 15) is 9.59 Å². The first-order valence-corrected chi connectivity index (χ1v) is 11.7. The lowest BCUT2D eigenvalue weighted by Crippen LogP contribution is -2.49. The predicted molar refractivity (Wildman–Crippen MR) is 124 cm³/mol. The van der Waals surface area contributed by atoms with E-state index in [0.717, 1.165) is 12.0 Å². The van der Waals surface area contributed by atoms with Gasteiger partial charge in [-0.25, -0.2) is 0 Å². The highest BCUT2D eigenvalue weighted by atomic mass is 35.5. The molecule has 0 bridgehead atoms. The van der Waals surface area contributed by atoms with Crippen molar-refractivity contribution < 1.29 is 9.59 Å². The molecule has 1 aliphatic heterocycles. The number of carbonyl (C=O) groups is 2. The zero-order valence-corrected chi connectivity index (χ0v) is 20.0. The quantitative estimate of drug-likeness (QED) is 0.604. The molecule has 0 fully saturated rings. The van der Waals surface area contributed by atoms with E-state index >= 15 is 0 Å². The van der Waals surface area contributed by atoms with Crippen LogP contribution in [-0.4, -0.2) is 40.7 Å². The summed E-state index contributed by atoms with van der Waals surface area (Å²) < 4.78 is 0. The lowest BCUT2D eigenvalue weighted by molar-refractivity contribution is -0.144. The third-order valence-electron chi connectivity index (χ3n) is 5.40. The first-order chi connectivity index (χ1) is 14.1. The van der Waals surface area contributed by atoms with Crippen molar-refractivity contribution in [2.45, 2.75) is 59.5 Å². The van der Waals surface area contributed by atoms with E-state index in [1.54, 1.807) is 16.2 Å². The summed E-state index contributed by atoms with van der Waals surface area (Å²) in [6.07, 6.45) is 1.27. The van der Waals surface area contributed by atoms with E-state index in [-0.39, 0.29) is 35.9 Å². The molecule has 0 aliphatic carbocycles. The van der Waals surface area contributed by atoms with Crippen LogP contribution in [0.3, 0.4) is 0 Å². The number of hydrogen-bond donors (Lipinski definition) is 0. The molecule has 1 atom stereocenters. The zero-order valence-electron chi connectivity index (χ0n) is 18.4. The van der Waals surface area contributed by atoms with Crippen LogP contribution in [-0.2, 0) is 16.0 Å². The van der Waals surface area contributed by atoms with Crippen LogP contribution in [0.4, 0.5) is 0 Å². The van der Waals surface area contributed by atoms with Gasteiger partial charge in [0, 0.05) is 28.9 Å². The van der Waals surface area contributed by atoms with Gasteiger partial charge in [-0.2, -0.15) is 0 Å². The molecule has 0 radical (unpaired) electrons. The Morgan fingerprint density at radius 3 is 2.47 bits per heavy atom. The molecule has 1 unspecified atom stereocenters. The Balaban J connectivity index is 1.87. The summed E-state index contributed by atoms with van der Waals surface area (Å²) in [5.74, 6) is 0.0184. The second kappa shape index (κ2) is 9.11. The van der Waals surface area contributed by atoms with Gasteiger partial charge < -0.3 is 9.80 Å². The molecule has 4 nitrogen and oxygen atoms in total. The fraction of sp³-hybridized carbons (Fsp3) is 0.500. The number of amides is 2. The molecule has 30 heavy (non-hydrogen) atoms. The summed E-state index contributed by atoms with van der Waals surface area (Å²) in [4.78, 5) is 31.4. The van der Waals surface area contributed by atoms with Crippen LogP contribution in [0.25, 0.3) is 0 Å². The number of halogens is 1. The van der Waals surface area contributed by atoms with Crippen molar-refractivity contribution >= 4 is 34.8 Å². The van der Waals surface area contributed by atoms with Gasteiger partial charge in [-0.3, -0.25) is 9.59 Å². The zero-order chi connectivity index (χ0) is 22.1. The van der Waals surface area contributed by atoms with Gasteiger partial charge in [0.25, 0.3) is 0 Å². The van der Waals surface area contributed by atoms with Crippen LogP contribution in [0.2, 0.25) is 5.02 Å². The molecule has 3 rings (SSSR count). The second-order valence-corrected chi connectivity index (χ2v) is 10.9. The van der Waals surface area contributed by atoms with Crippen LogP contribution >= 0.6 is 22.9 Å². The molecule has 2 amide bonds. The van der Waals surface area contributed by atoms with Gasteiger partial charge in [0.2, 0.25) is 11.8 Å². The maximum atomic E-state index is 13.5. The van der Waals surface area contributed by atoms with Crippen molar-refractivity contribution in [3.8, 4) is 0 Å². The van der Waals surface area contributed by atoms with E-state index in [0.29, 0.717) is 18.0 Å². The van der Waals surface area contributed by atoms with Gasteiger partial charge in [0.1, 0.15) is 6.54 Å². The fourth-order valence-corrected chi connectivity index (χ4v) is 4.97. The standard InChI is InChI=1S/C24H31ClN2O2S/c1-16(2)27(21(28)14-24(3,4)5)15-22(29)26-12-10-20-19(11-13-30-20)23(26)17-6-8-18(25)9-7-17/h6-9,11,13,16,23H,10,12,14-15H2,1-5H3. The molecule has 2 heterocycles. The Labute approximate surface area is 188 Å². The first kappa shape index (κ1) is 22.8. The molecule has 0 saturated carbocycles. The third-order valence-corrected chi connectivity index (χ3v) is 6.65. The van der Waals surface area contributed by atoms with E-state index in [4.69, 9.17) is 11.6 Å². The minimum absolute atomic E-state index is 0.0113. The minimum Gasteiger partial charge on any atom is -0.331 e. The number of fused-ring (bicyclic) bond motifs is 1. The summed E-state index contributed by atoms with van der Waals surface area (Å²) in [6.45, 7) is 10.8. The summed E-state index contributed by atoms with van der Waals surface area (Å²) in [7, 11) is 0. The topological polar surface area (TPSA) is 40.6 Å². The predicted octanol–water partition coefficient (Wildman–Crippen LogP) is 5.55. The number of hydrogen-bond acceptors (Lipinski definition) is 3. The number of rotatable bonds is 5.